The predicted molar refractivity (Wildman–Crippen MR) is 69.4 cm³/mol. The molecule has 0 fully saturated rings. The van der Waals surface area contributed by atoms with E-state index in [1.165, 1.54) is 13.2 Å². The third kappa shape index (κ3) is 2.92. The molecule has 0 aliphatic heterocycles. The van der Waals surface area contributed by atoms with E-state index >= 15 is 0 Å². The Labute approximate surface area is 109 Å². The summed E-state index contributed by atoms with van der Waals surface area (Å²) < 4.78 is 4.97. The molecule has 0 atom stereocenters. The highest BCUT2D eigenvalue weighted by molar-refractivity contribution is 6.04. The molecular formula is C13H12N3O3+. The molecule has 0 aliphatic carbocycles. The fourth-order valence-corrected chi connectivity index (χ4v) is 1.58. The zero-order valence-corrected chi connectivity index (χ0v) is 10.2. The number of nitrogens with one attached hydrogen (secondary N) is 2. The molecule has 0 saturated heterocycles. The Bertz CT molecular complexity index is 599. The third-order valence-electron chi connectivity index (χ3n) is 2.52. The van der Waals surface area contributed by atoms with Gasteiger partial charge in [-0.15, -0.1) is 4.91 Å². The lowest BCUT2D eigenvalue weighted by Gasteiger charge is -2.07. The highest BCUT2D eigenvalue weighted by Crippen LogP contribution is 2.30. The number of benzene rings is 1. The van der Waals surface area contributed by atoms with E-state index in [9.17, 15) is 9.70 Å². The predicted octanol–water partition coefficient (Wildman–Crippen LogP) is 2.16. The maximum absolute atomic E-state index is 11.9. The van der Waals surface area contributed by atoms with Crippen LogP contribution in [0.3, 0.4) is 0 Å². The number of carbonyl (C=O) groups is 1. The van der Waals surface area contributed by atoms with Gasteiger partial charge in [0.05, 0.1) is 12.7 Å². The highest BCUT2D eigenvalue weighted by atomic mass is 16.5. The summed E-state index contributed by atoms with van der Waals surface area (Å²) in [6, 6.07) is 7.97. The molecule has 0 spiro atoms. The monoisotopic (exact) mass is 258 g/mol. The van der Waals surface area contributed by atoms with Crippen LogP contribution < -0.4 is 15.0 Å². The van der Waals surface area contributed by atoms with Crippen molar-refractivity contribution in [3.8, 4) is 5.75 Å². The number of anilines is 1. The van der Waals surface area contributed by atoms with Crippen LogP contribution in [0.1, 0.15) is 10.4 Å². The number of methoxy groups -OCH3 is 1. The maximum atomic E-state index is 11.9. The van der Waals surface area contributed by atoms with Crippen molar-refractivity contribution in [1.82, 2.24) is 0 Å². The molecule has 1 amide bonds. The van der Waals surface area contributed by atoms with Gasteiger partial charge in [0.15, 0.2) is 18.1 Å². The smallest absolute Gasteiger partial charge is 0.256 e. The van der Waals surface area contributed by atoms with Crippen LogP contribution >= 0.6 is 0 Å². The SMILES string of the molecule is COc1ccc(NC(=O)c2cc[nH+]cc2)cc1N=O. The van der Waals surface area contributed by atoms with Gasteiger partial charge in [0, 0.05) is 17.8 Å². The third-order valence-corrected chi connectivity index (χ3v) is 2.52. The summed E-state index contributed by atoms with van der Waals surface area (Å²) in [7, 11) is 1.45. The van der Waals surface area contributed by atoms with E-state index in [-0.39, 0.29) is 11.6 Å². The van der Waals surface area contributed by atoms with Gasteiger partial charge in [-0.2, -0.15) is 0 Å². The first-order chi connectivity index (χ1) is 9.24. The van der Waals surface area contributed by atoms with Gasteiger partial charge in [-0.1, -0.05) is 0 Å². The molecule has 0 saturated carbocycles. The number of hydrogen-bond acceptors (Lipinski definition) is 4. The molecule has 2 rings (SSSR count). The minimum absolute atomic E-state index is 0.140. The Hall–Kier alpha value is -2.76. The normalized spacial score (nSPS) is 9.74. The van der Waals surface area contributed by atoms with Gasteiger partial charge in [0.1, 0.15) is 5.75 Å². The molecule has 6 heteroatoms. The van der Waals surface area contributed by atoms with Crippen LogP contribution in [0.15, 0.2) is 47.9 Å². The Morgan fingerprint density at radius 1 is 1.26 bits per heavy atom. The lowest BCUT2D eigenvalue weighted by atomic mass is 10.2. The second-order valence-electron chi connectivity index (χ2n) is 3.72. The Kier molecular flexibility index (Phi) is 3.82. The largest absolute Gasteiger partial charge is 0.494 e. The van der Waals surface area contributed by atoms with Crippen molar-refractivity contribution in [3.05, 3.63) is 53.2 Å². The van der Waals surface area contributed by atoms with Gasteiger partial charge in [0.2, 0.25) is 0 Å². The number of hydrogen-bond donors (Lipinski definition) is 1. The number of nitrogens with zero attached hydrogens (tertiary/aromatic N) is 1. The summed E-state index contributed by atoms with van der Waals surface area (Å²) in [6.07, 6.45) is 3.31. The van der Waals surface area contributed by atoms with Crippen molar-refractivity contribution < 1.29 is 14.5 Å². The van der Waals surface area contributed by atoms with Gasteiger partial charge < -0.3 is 10.1 Å². The van der Waals surface area contributed by atoms with E-state index in [1.54, 1.807) is 36.7 Å². The summed E-state index contributed by atoms with van der Waals surface area (Å²) in [5.41, 5.74) is 1.13. The zero-order valence-electron chi connectivity index (χ0n) is 10.2. The quantitative estimate of drug-likeness (QED) is 0.853. The molecule has 1 heterocycles. The van der Waals surface area contributed by atoms with E-state index in [4.69, 9.17) is 4.74 Å². The van der Waals surface area contributed by atoms with Crippen LogP contribution in [0.4, 0.5) is 11.4 Å². The summed E-state index contributed by atoms with van der Waals surface area (Å²) >= 11 is 0. The molecule has 2 aromatic rings. The lowest BCUT2D eigenvalue weighted by molar-refractivity contribution is -0.378. The first kappa shape index (κ1) is 12.7. The molecule has 0 unspecified atom stereocenters. The number of rotatable bonds is 4. The number of nitroso groups, excluding NO2 is 1. The number of amides is 1. The summed E-state index contributed by atoms with van der Waals surface area (Å²) in [4.78, 5) is 25.4. The van der Waals surface area contributed by atoms with Crippen molar-refractivity contribution in [2.45, 2.75) is 0 Å². The topological polar surface area (TPSA) is 81.9 Å². The molecule has 0 radical (unpaired) electrons. The molecule has 6 nitrogen and oxygen atoms in total. The van der Waals surface area contributed by atoms with Crippen molar-refractivity contribution in [2.24, 2.45) is 5.18 Å². The number of carbonyl (C=O) groups excluding carboxylic acids is 1. The van der Waals surface area contributed by atoms with Crippen molar-refractivity contribution >= 4 is 17.3 Å². The average Bonchev–Trinajstić information content (AvgIpc) is 2.48. The van der Waals surface area contributed by atoms with Crippen LogP contribution in [0, 0.1) is 4.91 Å². The van der Waals surface area contributed by atoms with Gasteiger partial charge in [0.25, 0.3) is 5.91 Å². The van der Waals surface area contributed by atoms with Crippen LogP contribution in [0.2, 0.25) is 0 Å². The molecule has 0 bridgehead atoms. The van der Waals surface area contributed by atoms with E-state index in [0.717, 1.165) is 0 Å². The highest BCUT2D eigenvalue weighted by Gasteiger charge is 2.09. The molecule has 96 valence electrons. The molecule has 1 aromatic heterocycles. The number of H-pyrrole nitrogens is 1. The second kappa shape index (κ2) is 5.72. The number of pyridine rings is 1. The molecule has 1 aromatic carbocycles. The summed E-state index contributed by atoms with van der Waals surface area (Å²) in [5, 5.41) is 5.53. The number of ether oxygens (including phenoxy) is 1. The number of aromatic amines is 1. The lowest BCUT2D eigenvalue weighted by Crippen LogP contribution is -2.13. The standard InChI is InChI=1S/C13H11N3O3/c1-19-12-3-2-10(8-11(12)16-18)15-13(17)9-4-6-14-7-5-9/h2-8H,1H3,(H,15,17)/p+1. The van der Waals surface area contributed by atoms with Crippen molar-refractivity contribution in [1.29, 1.82) is 0 Å². The minimum atomic E-state index is -0.268. The van der Waals surface area contributed by atoms with E-state index < -0.39 is 0 Å². The summed E-state index contributed by atoms with van der Waals surface area (Å²) in [6.45, 7) is 0. The van der Waals surface area contributed by atoms with Gasteiger partial charge >= 0.3 is 0 Å². The van der Waals surface area contributed by atoms with E-state index in [2.05, 4.69) is 15.5 Å². The average molecular weight is 258 g/mol. The van der Waals surface area contributed by atoms with Gasteiger partial charge in [-0.05, 0) is 23.4 Å². The Morgan fingerprint density at radius 2 is 2.00 bits per heavy atom. The van der Waals surface area contributed by atoms with Gasteiger partial charge in [-0.25, -0.2) is 4.98 Å². The molecule has 0 aliphatic rings. The van der Waals surface area contributed by atoms with Crippen LogP contribution in [0.25, 0.3) is 0 Å². The maximum Gasteiger partial charge on any atom is 0.256 e. The summed E-state index contributed by atoms with van der Waals surface area (Å²) in [5.74, 6) is 0.0957. The van der Waals surface area contributed by atoms with E-state index in [0.29, 0.717) is 17.0 Å². The second-order valence-corrected chi connectivity index (χ2v) is 3.72. The molecular weight excluding hydrogens is 246 g/mol. The number of aromatic nitrogens is 1. The first-order valence-corrected chi connectivity index (χ1v) is 5.53. The van der Waals surface area contributed by atoms with Crippen LogP contribution in [-0.2, 0) is 0 Å². The minimum Gasteiger partial charge on any atom is -0.494 e. The Morgan fingerprint density at radius 3 is 2.63 bits per heavy atom. The molecule has 2 N–H and O–H groups in total. The van der Waals surface area contributed by atoms with Gasteiger partial charge in [-0.3, -0.25) is 4.79 Å². The fourth-order valence-electron chi connectivity index (χ4n) is 1.58. The van der Waals surface area contributed by atoms with Crippen molar-refractivity contribution in [2.75, 3.05) is 12.4 Å². The van der Waals surface area contributed by atoms with Crippen LogP contribution in [0.5, 0.6) is 5.75 Å². The van der Waals surface area contributed by atoms with Crippen LogP contribution in [-0.4, -0.2) is 13.0 Å². The van der Waals surface area contributed by atoms with Crippen molar-refractivity contribution in [3.63, 3.8) is 0 Å². The zero-order chi connectivity index (χ0) is 13.7. The molecule has 19 heavy (non-hydrogen) atoms. The van der Waals surface area contributed by atoms with E-state index in [1.807, 2.05) is 0 Å². The first-order valence-electron chi connectivity index (χ1n) is 5.53. The Balaban J connectivity index is 2.20. The fraction of sp³-hybridized carbons (Fsp3) is 0.0769.